The standard InChI is InChI=1S/C19H20N6O2S/c1-13-16(10-20-17(23-13)14-5-3-2-4-6-14)18(26)21-9-15-11-25(7-8-27-15)19-24-22-12-28-19/h2-6,10,12,15H,7-9,11H2,1H3,(H,21,26)/t15-/m0/s1. The lowest BCUT2D eigenvalue weighted by atomic mass is 10.2. The number of carbonyl (C=O) groups is 1. The van der Waals surface area contributed by atoms with Crippen LogP contribution < -0.4 is 10.2 Å². The predicted molar refractivity (Wildman–Crippen MR) is 106 cm³/mol. The highest BCUT2D eigenvalue weighted by Crippen LogP contribution is 2.19. The molecule has 28 heavy (non-hydrogen) atoms. The van der Waals surface area contributed by atoms with E-state index in [0.29, 0.717) is 36.8 Å². The fourth-order valence-electron chi connectivity index (χ4n) is 3.04. The van der Waals surface area contributed by atoms with Crippen molar-refractivity contribution in [1.82, 2.24) is 25.5 Å². The summed E-state index contributed by atoms with van der Waals surface area (Å²) in [7, 11) is 0. The highest BCUT2D eigenvalue weighted by atomic mass is 32.1. The van der Waals surface area contributed by atoms with Crippen molar-refractivity contribution in [3.8, 4) is 11.4 Å². The molecular formula is C19H20N6O2S. The Labute approximate surface area is 166 Å². The third kappa shape index (κ3) is 4.15. The van der Waals surface area contributed by atoms with Crippen molar-refractivity contribution in [2.24, 2.45) is 0 Å². The van der Waals surface area contributed by atoms with Crippen molar-refractivity contribution in [2.75, 3.05) is 31.1 Å². The molecule has 1 N–H and O–H groups in total. The smallest absolute Gasteiger partial charge is 0.254 e. The maximum Gasteiger partial charge on any atom is 0.254 e. The second kappa shape index (κ2) is 8.41. The van der Waals surface area contributed by atoms with Gasteiger partial charge in [0.05, 0.1) is 24.0 Å². The summed E-state index contributed by atoms with van der Waals surface area (Å²) in [6.45, 7) is 4.25. The summed E-state index contributed by atoms with van der Waals surface area (Å²) in [5, 5.41) is 11.8. The number of hydrogen-bond acceptors (Lipinski definition) is 8. The van der Waals surface area contributed by atoms with Gasteiger partial charge >= 0.3 is 0 Å². The maximum absolute atomic E-state index is 12.6. The van der Waals surface area contributed by atoms with Gasteiger partial charge in [-0.05, 0) is 6.92 Å². The molecule has 0 aliphatic carbocycles. The van der Waals surface area contributed by atoms with Crippen LogP contribution in [0, 0.1) is 6.92 Å². The maximum atomic E-state index is 12.6. The van der Waals surface area contributed by atoms with Crippen LogP contribution in [0.3, 0.4) is 0 Å². The molecule has 0 unspecified atom stereocenters. The minimum Gasteiger partial charge on any atom is -0.373 e. The van der Waals surface area contributed by atoms with E-state index in [1.165, 1.54) is 11.3 Å². The zero-order chi connectivity index (χ0) is 19.3. The molecule has 3 heterocycles. The Balaban J connectivity index is 1.37. The van der Waals surface area contributed by atoms with Crippen LogP contribution in [0.5, 0.6) is 0 Å². The number of anilines is 1. The van der Waals surface area contributed by atoms with Crippen LogP contribution in [-0.2, 0) is 4.74 Å². The van der Waals surface area contributed by atoms with Crippen molar-refractivity contribution in [2.45, 2.75) is 13.0 Å². The SMILES string of the molecule is Cc1nc(-c2ccccc2)ncc1C(=O)NC[C@H]1CN(c2nncs2)CCO1. The highest BCUT2D eigenvalue weighted by Gasteiger charge is 2.23. The first-order chi connectivity index (χ1) is 13.7. The molecule has 1 amide bonds. The number of nitrogens with one attached hydrogen (secondary N) is 1. The third-order valence-corrected chi connectivity index (χ3v) is 5.25. The summed E-state index contributed by atoms with van der Waals surface area (Å²) in [6.07, 6.45) is 1.47. The lowest BCUT2D eigenvalue weighted by Crippen LogP contribution is -2.47. The first-order valence-corrected chi connectivity index (χ1v) is 9.88. The van der Waals surface area contributed by atoms with Crippen molar-refractivity contribution >= 4 is 22.4 Å². The molecule has 8 nitrogen and oxygen atoms in total. The van der Waals surface area contributed by atoms with Gasteiger partial charge in [-0.1, -0.05) is 41.7 Å². The summed E-state index contributed by atoms with van der Waals surface area (Å²) < 4.78 is 5.77. The van der Waals surface area contributed by atoms with Crippen molar-refractivity contribution in [3.05, 3.63) is 53.3 Å². The van der Waals surface area contributed by atoms with Gasteiger partial charge in [-0.2, -0.15) is 0 Å². The molecule has 2 aromatic heterocycles. The minimum atomic E-state index is -0.200. The van der Waals surface area contributed by atoms with E-state index in [2.05, 4.69) is 30.4 Å². The zero-order valence-electron chi connectivity index (χ0n) is 15.4. The molecule has 3 aromatic rings. The number of carbonyl (C=O) groups excluding carboxylic acids is 1. The number of aromatic nitrogens is 4. The van der Waals surface area contributed by atoms with Crippen LogP contribution in [0.25, 0.3) is 11.4 Å². The van der Waals surface area contributed by atoms with Gasteiger partial charge in [0.15, 0.2) is 5.82 Å². The van der Waals surface area contributed by atoms with Gasteiger partial charge < -0.3 is 15.0 Å². The number of rotatable bonds is 5. The Morgan fingerprint density at radius 3 is 2.96 bits per heavy atom. The van der Waals surface area contributed by atoms with Crippen LogP contribution >= 0.6 is 11.3 Å². The monoisotopic (exact) mass is 396 g/mol. The second-order valence-corrected chi connectivity index (χ2v) is 7.24. The Morgan fingerprint density at radius 1 is 1.36 bits per heavy atom. The van der Waals surface area contributed by atoms with E-state index in [1.54, 1.807) is 11.7 Å². The number of aryl methyl sites for hydroxylation is 1. The molecule has 1 fully saturated rings. The third-order valence-electron chi connectivity index (χ3n) is 4.50. The van der Waals surface area contributed by atoms with Crippen LogP contribution in [0.1, 0.15) is 16.1 Å². The Kier molecular flexibility index (Phi) is 5.54. The largest absolute Gasteiger partial charge is 0.373 e. The number of morpholine rings is 1. The first kappa shape index (κ1) is 18.5. The Bertz CT molecular complexity index is 935. The summed E-state index contributed by atoms with van der Waals surface area (Å²) in [6, 6.07) is 9.70. The molecule has 1 aliphatic heterocycles. The molecule has 1 aromatic carbocycles. The van der Waals surface area contributed by atoms with E-state index in [0.717, 1.165) is 17.2 Å². The van der Waals surface area contributed by atoms with Crippen LogP contribution in [0.4, 0.5) is 5.13 Å². The molecule has 0 spiro atoms. The summed E-state index contributed by atoms with van der Waals surface area (Å²) in [5.41, 5.74) is 3.75. The van der Waals surface area contributed by atoms with Gasteiger partial charge in [0.1, 0.15) is 5.51 Å². The summed E-state index contributed by atoms with van der Waals surface area (Å²) in [5.74, 6) is 0.409. The van der Waals surface area contributed by atoms with Gasteiger partial charge in [0, 0.05) is 31.4 Å². The second-order valence-electron chi connectivity index (χ2n) is 6.43. The molecule has 4 rings (SSSR count). The fraction of sp³-hybridized carbons (Fsp3) is 0.316. The molecule has 0 bridgehead atoms. The molecule has 1 atom stereocenters. The molecule has 144 valence electrons. The average Bonchev–Trinajstić information content (AvgIpc) is 3.28. The molecule has 9 heteroatoms. The topological polar surface area (TPSA) is 93.1 Å². The van der Waals surface area contributed by atoms with Gasteiger partial charge in [-0.15, -0.1) is 10.2 Å². The van der Waals surface area contributed by atoms with Crippen LogP contribution in [0.15, 0.2) is 42.0 Å². The number of amides is 1. The Morgan fingerprint density at radius 2 is 2.21 bits per heavy atom. The molecule has 1 saturated heterocycles. The lowest BCUT2D eigenvalue weighted by Gasteiger charge is -2.32. The summed E-state index contributed by atoms with van der Waals surface area (Å²) >= 11 is 1.50. The van der Waals surface area contributed by atoms with Gasteiger partial charge in [-0.25, -0.2) is 9.97 Å². The van der Waals surface area contributed by atoms with E-state index in [9.17, 15) is 4.79 Å². The quantitative estimate of drug-likeness (QED) is 0.704. The van der Waals surface area contributed by atoms with E-state index in [-0.39, 0.29) is 12.0 Å². The van der Waals surface area contributed by atoms with Gasteiger partial charge in [-0.3, -0.25) is 4.79 Å². The van der Waals surface area contributed by atoms with E-state index in [1.807, 2.05) is 37.3 Å². The number of nitrogens with zero attached hydrogens (tertiary/aromatic N) is 5. The average molecular weight is 396 g/mol. The highest BCUT2D eigenvalue weighted by molar-refractivity contribution is 7.13. The van der Waals surface area contributed by atoms with Crippen molar-refractivity contribution < 1.29 is 9.53 Å². The van der Waals surface area contributed by atoms with E-state index in [4.69, 9.17) is 4.74 Å². The van der Waals surface area contributed by atoms with E-state index >= 15 is 0 Å². The molecule has 1 aliphatic rings. The van der Waals surface area contributed by atoms with Gasteiger partial charge in [0.25, 0.3) is 5.91 Å². The van der Waals surface area contributed by atoms with Gasteiger partial charge in [0.2, 0.25) is 5.13 Å². The minimum absolute atomic E-state index is 0.105. The number of ether oxygens (including phenoxy) is 1. The zero-order valence-corrected chi connectivity index (χ0v) is 16.2. The first-order valence-electron chi connectivity index (χ1n) is 9.00. The Hall–Kier alpha value is -2.91. The lowest BCUT2D eigenvalue weighted by molar-refractivity contribution is 0.0396. The van der Waals surface area contributed by atoms with Crippen LogP contribution in [0.2, 0.25) is 0 Å². The van der Waals surface area contributed by atoms with E-state index < -0.39 is 0 Å². The van der Waals surface area contributed by atoms with Crippen LogP contribution in [-0.4, -0.2) is 58.4 Å². The predicted octanol–water partition coefficient (Wildman–Crippen LogP) is 1.94. The molecule has 0 saturated carbocycles. The number of benzene rings is 1. The number of hydrogen-bond donors (Lipinski definition) is 1. The molecule has 0 radical (unpaired) electrons. The van der Waals surface area contributed by atoms with Crippen molar-refractivity contribution in [3.63, 3.8) is 0 Å². The fourth-order valence-corrected chi connectivity index (χ4v) is 3.64. The van der Waals surface area contributed by atoms with Crippen molar-refractivity contribution in [1.29, 1.82) is 0 Å². The molecular weight excluding hydrogens is 376 g/mol. The summed E-state index contributed by atoms with van der Waals surface area (Å²) in [4.78, 5) is 23.5. The normalized spacial score (nSPS) is 16.8.